The van der Waals surface area contributed by atoms with Gasteiger partial charge in [0.15, 0.2) is 0 Å². The average Bonchev–Trinajstić information content (AvgIpc) is 3.10. The molecule has 0 radical (unpaired) electrons. The second-order valence-corrected chi connectivity index (χ2v) is 14.0. The molecule has 1 saturated carbocycles. The first-order chi connectivity index (χ1) is 16.0. The molecule has 188 valence electrons. The molecule has 1 aliphatic carbocycles. The second-order valence-electron chi connectivity index (χ2n) is 10.5. The lowest BCUT2D eigenvalue weighted by Gasteiger charge is -2.61. The Bertz CT molecular complexity index is 1130. The van der Waals surface area contributed by atoms with Gasteiger partial charge in [-0.1, -0.05) is 6.92 Å². The molecule has 1 spiro atoms. The van der Waals surface area contributed by atoms with E-state index in [2.05, 4.69) is 19.8 Å². The highest BCUT2D eigenvalue weighted by Crippen LogP contribution is 2.44. The number of likely N-dealkylation sites (tertiary alicyclic amines) is 1. The number of fused-ring (bicyclic) bond motifs is 1. The highest BCUT2D eigenvalue weighted by atomic mass is 32.2. The van der Waals surface area contributed by atoms with Gasteiger partial charge in [-0.05, 0) is 43.6 Å². The molecule has 2 saturated heterocycles. The van der Waals surface area contributed by atoms with Crippen molar-refractivity contribution in [1.82, 2.24) is 14.9 Å². The van der Waals surface area contributed by atoms with Gasteiger partial charge in [-0.25, -0.2) is 18.4 Å². The molecular formula is C23H31F3N4O2S2. The average molecular weight is 517 g/mol. The van der Waals surface area contributed by atoms with E-state index in [0.29, 0.717) is 22.4 Å². The zero-order valence-electron chi connectivity index (χ0n) is 19.4. The molecule has 4 heterocycles. The number of alkyl halides is 3. The Hall–Kier alpha value is -1.46. The molecule has 3 fully saturated rings. The van der Waals surface area contributed by atoms with Gasteiger partial charge in [0.2, 0.25) is 0 Å². The van der Waals surface area contributed by atoms with Crippen LogP contribution in [0, 0.1) is 17.3 Å². The van der Waals surface area contributed by atoms with Crippen LogP contribution >= 0.6 is 11.3 Å². The highest BCUT2D eigenvalue weighted by Gasteiger charge is 2.52. The van der Waals surface area contributed by atoms with Gasteiger partial charge >= 0.3 is 6.18 Å². The van der Waals surface area contributed by atoms with E-state index in [-0.39, 0.29) is 16.0 Å². The van der Waals surface area contributed by atoms with Gasteiger partial charge in [0, 0.05) is 48.8 Å². The standard InChI is InChI=1S/C23H31F3N4O2S2/c1-2-34(31,32)10-17-5-3-16(4-6-17)9-29-11-22(12-29)13-30(14-22)20-19-7-18(8-23(24,25)26)33-21(19)28-15-27-20/h7,15-17H,2-6,8-14H2,1H3. The summed E-state index contributed by atoms with van der Waals surface area (Å²) in [4.78, 5) is 14.1. The Morgan fingerprint density at radius 3 is 2.41 bits per heavy atom. The summed E-state index contributed by atoms with van der Waals surface area (Å²) in [6, 6.07) is 1.60. The van der Waals surface area contributed by atoms with Gasteiger partial charge in [0.1, 0.15) is 26.8 Å². The van der Waals surface area contributed by atoms with Crippen molar-refractivity contribution in [3.05, 3.63) is 17.3 Å². The van der Waals surface area contributed by atoms with Gasteiger partial charge in [-0.2, -0.15) is 13.2 Å². The zero-order chi connectivity index (χ0) is 24.1. The van der Waals surface area contributed by atoms with E-state index >= 15 is 0 Å². The quantitative estimate of drug-likeness (QED) is 0.551. The lowest BCUT2D eigenvalue weighted by Crippen LogP contribution is -2.72. The summed E-state index contributed by atoms with van der Waals surface area (Å²) in [5.74, 6) is 2.30. The van der Waals surface area contributed by atoms with Crippen LogP contribution in [0.5, 0.6) is 0 Å². The molecule has 6 nitrogen and oxygen atoms in total. The monoisotopic (exact) mass is 516 g/mol. The number of hydrogen-bond donors (Lipinski definition) is 0. The fourth-order valence-electron chi connectivity index (χ4n) is 6.00. The number of aromatic nitrogens is 2. The number of hydrogen-bond acceptors (Lipinski definition) is 7. The molecule has 0 aromatic carbocycles. The minimum Gasteiger partial charge on any atom is -0.355 e. The van der Waals surface area contributed by atoms with Crippen LogP contribution in [0.1, 0.15) is 37.5 Å². The molecule has 0 amide bonds. The van der Waals surface area contributed by atoms with Crippen LogP contribution in [-0.4, -0.2) is 73.7 Å². The Balaban J connectivity index is 1.10. The zero-order valence-corrected chi connectivity index (χ0v) is 21.0. The Kier molecular flexibility index (Phi) is 6.34. The lowest BCUT2D eigenvalue weighted by atomic mass is 9.72. The summed E-state index contributed by atoms with van der Waals surface area (Å²) in [6.07, 6.45) is 0.536. The summed E-state index contributed by atoms with van der Waals surface area (Å²) in [5.41, 5.74) is 0.258. The van der Waals surface area contributed by atoms with E-state index in [1.54, 1.807) is 13.0 Å². The Morgan fingerprint density at radius 1 is 1.09 bits per heavy atom. The van der Waals surface area contributed by atoms with Gasteiger partial charge in [-0.15, -0.1) is 11.3 Å². The summed E-state index contributed by atoms with van der Waals surface area (Å²) in [7, 11) is -2.89. The van der Waals surface area contributed by atoms with E-state index < -0.39 is 22.4 Å². The fraction of sp³-hybridized carbons (Fsp3) is 0.739. The van der Waals surface area contributed by atoms with Crippen LogP contribution in [0.4, 0.5) is 19.0 Å². The maximum Gasteiger partial charge on any atom is 0.393 e. The van der Waals surface area contributed by atoms with Crippen molar-refractivity contribution < 1.29 is 21.6 Å². The molecule has 2 aromatic heterocycles. The van der Waals surface area contributed by atoms with E-state index in [1.165, 1.54) is 6.33 Å². The molecule has 5 rings (SSSR count). The number of rotatable bonds is 7. The second kappa shape index (κ2) is 8.89. The summed E-state index contributed by atoms with van der Waals surface area (Å²) in [5, 5.41) is 0.722. The van der Waals surface area contributed by atoms with Gasteiger partial charge in [0.25, 0.3) is 0 Å². The predicted octanol–water partition coefficient (Wildman–Crippen LogP) is 4.16. The first-order valence-corrected chi connectivity index (χ1v) is 14.6. The molecule has 0 atom stereocenters. The third-order valence-corrected chi connectivity index (χ3v) is 10.5. The van der Waals surface area contributed by atoms with Crippen LogP contribution in [0.2, 0.25) is 0 Å². The van der Waals surface area contributed by atoms with Crippen molar-refractivity contribution in [2.45, 2.75) is 45.2 Å². The van der Waals surface area contributed by atoms with Gasteiger partial charge in [-0.3, -0.25) is 0 Å². The first kappa shape index (κ1) is 24.2. The molecule has 34 heavy (non-hydrogen) atoms. The van der Waals surface area contributed by atoms with Crippen molar-refractivity contribution in [3.63, 3.8) is 0 Å². The van der Waals surface area contributed by atoms with Crippen molar-refractivity contribution in [2.75, 3.05) is 49.1 Å². The normalized spacial score (nSPS) is 25.5. The topological polar surface area (TPSA) is 66.4 Å². The maximum absolute atomic E-state index is 12.8. The molecule has 0 unspecified atom stereocenters. The van der Waals surface area contributed by atoms with Gasteiger partial charge in [0.05, 0.1) is 17.6 Å². The largest absolute Gasteiger partial charge is 0.393 e. The SMILES string of the molecule is CCS(=O)(=O)CC1CCC(CN2CC3(C2)CN(c2ncnc4sc(CC(F)(F)F)cc24)C3)CC1. The van der Waals surface area contributed by atoms with E-state index in [0.717, 1.165) is 80.9 Å². The highest BCUT2D eigenvalue weighted by molar-refractivity contribution is 7.91. The maximum atomic E-state index is 12.8. The van der Waals surface area contributed by atoms with Crippen molar-refractivity contribution in [1.29, 1.82) is 0 Å². The number of anilines is 1. The van der Waals surface area contributed by atoms with E-state index in [1.807, 2.05) is 0 Å². The molecule has 2 aliphatic heterocycles. The first-order valence-electron chi connectivity index (χ1n) is 12.0. The minimum atomic E-state index is -4.23. The Labute approximate surface area is 202 Å². The number of sulfone groups is 1. The Morgan fingerprint density at radius 2 is 1.76 bits per heavy atom. The number of nitrogens with zero attached hydrogens (tertiary/aromatic N) is 4. The molecular weight excluding hydrogens is 485 g/mol. The summed E-state index contributed by atoms with van der Waals surface area (Å²) >= 11 is 1.09. The summed E-state index contributed by atoms with van der Waals surface area (Å²) in [6.45, 7) is 6.65. The lowest BCUT2D eigenvalue weighted by molar-refractivity contribution is -0.126. The molecule has 3 aliphatic rings. The molecule has 2 aromatic rings. The van der Waals surface area contributed by atoms with Crippen LogP contribution in [0.15, 0.2) is 12.4 Å². The minimum absolute atomic E-state index is 0.238. The van der Waals surface area contributed by atoms with Gasteiger partial charge < -0.3 is 9.80 Å². The molecule has 0 bridgehead atoms. The third kappa shape index (κ3) is 5.21. The van der Waals surface area contributed by atoms with Crippen LogP contribution in [0.25, 0.3) is 10.2 Å². The van der Waals surface area contributed by atoms with Crippen LogP contribution < -0.4 is 4.90 Å². The van der Waals surface area contributed by atoms with E-state index in [4.69, 9.17) is 0 Å². The molecule has 11 heteroatoms. The number of halogens is 3. The summed E-state index contributed by atoms with van der Waals surface area (Å²) < 4.78 is 62.2. The van der Waals surface area contributed by atoms with E-state index in [9.17, 15) is 21.6 Å². The van der Waals surface area contributed by atoms with Crippen molar-refractivity contribution >= 4 is 37.2 Å². The fourth-order valence-corrected chi connectivity index (χ4v) is 8.31. The van der Waals surface area contributed by atoms with Crippen molar-refractivity contribution in [3.8, 4) is 0 Å². The van der Waals surface area contributed by atoms with Crippen LogP contribution in [0.3, 0.4) is 0 Å². The molecule has 0 N–H and O–H groups in total. The number of thiophene rings is 1. The van der Waals surface area contributed by atoms with Crippen molar-refractivity contribution in [2.24, 2.45) is 17.3 Å². The third-order valence-electron chi connectivity index (χ3n) is 7.62. The van der Waals surface area contributed by atoms with Crippen LogP contribution in [-0.2, 0) is 16.3 Å². The smallest absolute Gasteiger partial charge is 0.355 e. The predicted molar refractivity (Wildman–Crippen MR) is 128 cm³/mol.